The number of β-lactam (4-membered cyclic amide) rings is 1. The molecule has 3 amide bonds. The Bertz CT molecular complexity index is 487. The summed E-state index contributed by atoms with van der Waals surface area (Å²) in [6.07, 6.45) is 0. The first-order chi connectivity index (χ1) is 8.88. The molecule has 19 heavy (non-hydrogen) atoms. The second-order valence-corrected chi connectivity index (χ2v) is 6.11. The molecular weight excluding hydrogens is 274 g/mol. The highest BCUT2D eigenvalue weighted by Crippen LogP contribution is 2.48. The van der Waals surface area contributed by atoms with E-state index < -0.39 is 22.9 Å². The SMILES string of the molecule is N[C@@H]1C(=O)N2C[C@@](C(=O)O)(N3CCN(N)C3=O)S[C@H]12. The maximum atomic E-state index is 11.9. The maximum absolute atomic E-state index is 11.9. The summed E-state index contributed by atoms with van der Waals surface area (Å²) in [5.74, 6) is 4.03. The van der Waals surface area contributed by atoms with Crippen LogP contribution in [-0.2, 0) is 9.59 Å². The smallest absolute Gasteiger partial charge is 0.342 e. The average molecular weight is 287 g/mol. The lowest BCUT2D eigenvalue weighted by Gasteiger charge is -2.38. The van der Waals surface area contributed by atoms with Crippen molar-refractivity contribution in [3.8, 4) is 0 Å². The zero-order chi connectivity index (χ0) is 13.9. The third-order valence-corrected chi connectivity index (χ3v) is 5.40. The number of carboxylic acids is 1. The third kappa shape index (κ3) is 1.41. The van der Waals surface area contributed by atoms with Gasteiger partial charge in [-0.3, -0.25) is 14.7 Å². The Kier molecular flexibility index (Phi) is 2.46. The quantitative estimate of drug-likeness (QED) is 0.293. The van der Waals surface area contributed by atoms with Crippen molar-refractivity contribution in [2.75, 3.05) is 19.6 Å². The first kappa shape index (κ1) is 12.5. The molecule has 0 aliphatic carbocycles. The number of rotatable bonds is 2. The number of hydrogen-bond donors (Lipinski definition) is 3. The monoisotopic (exact) mass is 287 g/mol. The van der Waals surface area contributed by atoms with E-state index in [-0.39, 0.29) is 30.9 Å². The van der Waals surface area contributed by atoms with Gasteiger partial charge in [0.2, 0.25) is 10.8 Å². The van der Waals surface area contributed by atoms with Crippen LogP contribution in [0.25, 0.3) is 0 Å². The molecule has 10 heteroatoms. The van der Waals surface area contributed by atoms with E-state index in [9.17, 15) is 19.5 Å². The summed E-state index contributed by atoms with van der Waals surface area (Å²) in [7, 11) is 0. The van der Waals surface area contributed by atoms with Gasteiger partial charge in [-0.1, -0.05) is 11.8 Å². The summed E-state index contributed by atoms with van der Waals surface area (Å²) in [4.78, 5) is 36.2. The second kappa shape index (κ2) is 3.74. The molecule has 0 aromatic heterocycles. The van der Waals surface area contributed by atoms with Crippen LogP contribution < -0.4 is 11.6 Å². The van der Waals surface area contributed by atoms with E-state index in [2.05, 4.69) is 0 Å². The number of nitrogens with zero attached hydrogens (tertiary/aromatic N) is 3. The normalized spacial score (nSPS) is 37.7. The highest BCUT2D eigenvalue weighted by Gasteiger charge is 2.65. The molecule has 0 bridgehead atoms. The molecule has 3 fully saturated rings. The molecule has 0 spiro atoms. The molecule has 0 unspecified atom stereocenters. The summed E-state index contributed by atoms with van der Waals surface area (Å²) in [6, 6.07) is -1.24. The van der Waals surface area contributed by atoms with Crippen molar-refractivity contribution in [2.45, 2.75) is 16.3 Å². The van der Waals surface area contributed by atoms with Crippen LogP contribution >= 0.6 is 11.8 Å². The molecule has 0 aromatic carbocycles. The van der Waals surface area contributed by atoms with Crippen LogP contribution in [0.2, 0.25) is 0 Å². The zero-order valence-electron chi connectivity index (χ0n) is 9.85. The van der Waals surface area contributed by atoms with Crippen LogP contribution in [0, 0.1) is 0 Å². The number of urea groups is 1. The minimum atomic E-state index is -1.49. The van der Waals surface area contributed by atoms with Gasteiger partial charge < -0.3 is 15.7 Å². The molecule has 3 aliphatic heterocycles. The van der Waals surface area contributed by atoms with Gasteiger partial charge in [-0.2, -0.15) is 0 Å². The first-order valence-electron chi connectivity index (χ1n) is 5.69. The number of carbonyl (C=O) groups excluding carboxylic acids is 2. The second-order valence-electron chi connectivity index (χ2n) is 4.72. The molecule has 3 aliphatic rings. The number of carboxylic acid groups (broad SMARTS) is 1. The Morgan fingerprint density at radius 2 is 2.11 bits per heavy atom. The van der Waals surface area contributed by atoms with Crippen LogP contribution in [0.4, 0.5) is 4.79 Å². The maximum Gasteiger partial charge on any atom is 0.342 e. The summed E-state index contributed by atoms with van der Waals surface area (Å²) in [6.45, 7) is 0.432. The Morgan fingerprint density at radius 3 is 2.58 bits per heavy atom. The molecule has 0 radical (unpaired) electrons. The number of nitrogens with two attached hydrogens (primary N) is 2. The van der Waals surface area contributed by atoms with E-state index in [1.54, 1.807) is 0 Å². The Labute approximate surface area is 112 Å². The molecule has 9 nitrogen and oxygen atoms in total. The number of carbonyl (C=O) groups is 3. The summed E-state index contributed by atoms with van der Waals surface area (Å²) in [5.41, 5.74) is 5.65. The highest BCUT2D eigenvalue weighted by atomic mass is 32.2. The number of hydrogen-bond acceptors (Lipinski definition) is 6. The van der Waals surface area contributed by atoms with E-state index in [1.807, 2.05) is 0 Å². The largest absolute Gasteiger partial charge is 0.479 e. The standard InChI is InChI=1S/C9H13N5O4S/c10-4-5(15)12-3-9(7(16)17,19-6(4)12)13-1-2-14(11)8(13)18/h4,6H,1-3,10-11H2,(H,16,17)/t4-,6-,9-/m1/s1. The van der Waals surface area contributed by atoms with Crippen molar-refractivity contribution in [1.29, 1.82) is 0 Å². The van der Waals surface area contributed by atoms with Gasteiger partial charge >= 0.3 is 12.0 Å². The summed E-state index contributed by atoms with van der Waals surface area (Å²) < 4.78 is 0. The van der Waals surface area contributed by atoms with Gasteiger partial charge in [0, 0.05) is 6.54 Å². The fourth-order valence-corrected chi connectivity index (χ4v) is 4.17. The molecule has 0 aromatic rings. The highest BCUT2D eigenvalue weighted by molar-refractivity contribution is 8.02. The number of hydrazine groups is 1. The number of fused-ring (bicyclic) bond motifs is 1. The molecular formula is C9H13N5O4S. The average Bonchev–Trinajstić information content (AvgIpc) is 2.90. The van der Waals surface area contributed by atoms with Crippen molar-refractivity contribution in [1.82, 2.24) is 14.8 Å². The zero-order valence-corrected chi connectivity index (χ0v) is 10.7. The minimum absolute atomic E-state index is 0.0518. The van der Waals surface area contributed by atoms with Crippen molar-refractivity contribution in [2.24, 2.45) is 11.6 Å². The van der Waals surface area contributed by atoms with E-state index >= 15 is 0 Å². The lowest BCUT2D eigenvalue weighted by molar-refractivity contribution is -0.148. The molecule has 3 heterocycles. The van der Waals surface area contributed by atoms with Crippen molar-refractivity contribution in [3.05, 3.63) is 0 Å². The van der Waals surface area contributed by atoms with E-state index in [0.29, 0.717) is 0 Å². The molecule has 0 saturated carbocycles. The summed E-state index contributed by atoms with van der Waals surface area (Å²) >= 11 is 1.03. The number of aliphatic carboxylic acids is 1. The van der Waals surface area contributed by atoms with Gasteiger partial charge in [-0.15, -0.1) is 0 Å². The predicted octanol–water partition coefficient (Wildman–Crippen LogP) is -2.38. The molecule has 3 rings (SSSR count). The fraction of sp³-hybridized carbons (Fsp3) is 0.667. The molecule has 3 atom stereocenters. The van der Waals surface area contributed by atoms with Gasteiger partial charge in [0.1, 0.15) is 11.4 Å². The predicted molar refractivity (Wildman–Crippen MR) is 64.4 cm³/mol. The van der Waals surface area contributed by atoms with Gasteiger partial charge in [0.15, 0.2) is 0 Å². The van der Waals surface area contributed by atoms with Gasteiger partial charge in [0.25, 0.3) is 0 Å². The lowest BCUT2D eigenvalue weighted by atomic mass is 10.1. The number of amides is 3. The van der Waals surface area contributed by atoms with Gasteiger partial charge in [0.05, 0.1) is 13.1 Å². The van der Waals surface area contributed by atoms with Crippen LogP contribution in [0.3, 0.4) is 0 Å². The fourth-order valence-electron chi connectivity index (χ4n) is 2.59. The van der Waals surface area contributed by atoms with Crippen molar-refractivity contribution < 1.29 is 19.5 Å². The van der Waals surface area contributed by atoms with Crippen LogP contribution in [0.15, 0.2) is 0 Å². The van der Waals surface area contributed by atoms with Crippen LogP contribution in [-0.4, -0.2) is 73.7 Å². The van der Waals surface area contributed by atoms with Gasteiger partial charge in [-0.25, -0.2) is 15.4 Å². The van der Waals surface area contributed by atoms with Crippen molar-refractivity contribution >= 4 is 29.7 Å². The topological polar surface area (TPSA) is 133 Å². The minimum Gasteiger partial charge on any atom is -0.479 e. The van der Waals surface area contributed by atoms with E-state index in [0.717, 1.165) is 16.8 Å². The Hall–Kier alpha value is -1.52. The van der Waals surface area contributed by atoms with E-state index in [4.69, 9.17) is 11.6 Å². The molecule has 3 saturated heterocycles. The Morgan fingerprint density at radius 1 is 1.42 bits per heavy atom. The molecule has 5 N–H and O–H groups in total. The number of thioether (sulfide) groups is 1. The Balaban J connectivity index is 1.93. The van der Waals surface area contributed by atoms with Crippen LogP contribution in [0.1, 0.15) is 0 Å². The van der Waals surface area contributed by atoms with Crippen molar-refractivity contribution in [3.63, 3.8) is 0 Å². The lowest BCUT2D eigenvalue weighted by Crippen LogP contribution is -2.65. The first-order valence-corrected chi connectivity index (χ1v) is 6.57. The molecule has 104 valence electrons. The summed E-state index contributed by atoms with van der Waals surface area (Å²) in [5, 5.41) is 10.1. The third-order valence-electron chi connectivity index (χ3n) is 3.69. The van der Waals surface area contributed by atoms with Gasteiger partial charge in [-0.05, 0) is 0 Å². The van der Waals surface area contributed by atoms with Crippen LogP contribution in [0.5, 0.6) is 0 Å². The van der Waals surface area contributed by atoms with E-state index in [1.165, 1.54) is 9.80 Å².